The fourth-order valence-corrected chi connectivity index (χ4v) is 2.10. The zero-order valence-electron chi connectivity index (χ0n) is 12.5. The molecule has 0 aliphatic rings. The number of allylic oxidation sites excluding steroid dienone is 4. The van der Waals surface area contributed by atoms with E-state index in [1.807, 2.05) is 6.08 Å². The van der Waals surface area contributed by atoms with Gasteiger partial charge in [-0.15, -0.1) is 0 Å². The third-order valence-corrected chi connectivity index (χ3v) is 3.30. The molecule has 0 amide bonds. The van der Waals surface area contributed by atoms with Crippen LogP contribution in [0.4, 0.5) is 0 Å². The van der Waals surface area contributed by atoms with Crippen LogP contribution >= 0.6 is 0 Å². The van der Waals surface area contributed by atoms with Crippen LogP contribution in [-0.4, -0.2) is 0 Å². The summed E-state index contributed by atoms with van der Waals surface area (Å²) in [6, 6.07) is 0. The lowest BCUT2D eigenvalue weighted by Crippen LogP contribution is -1.80. The van der Waals surface area contributed by atoms with E-state index in [2.05, 4.69) is 32.1 Å². The van der Waals surface area contributed by atoms with E-state index >= 15 is 0 Å². The van der Waals surface area contributed by atoms with Gasteiger partial charge in [0, 0.05) is 0 Å². The minimum Gasteiger partial charge on any atom is -0.0885 e. The van der Waals surface area contributed by atoms with Gasteiger partial charge >= 0.3 is 0 Å². The Morgan fingerprint density at radius 1 is 0.611 bits per heavy atom. The molecular weight excluding hydrogens is 216 g/mol. The Labute approximate surface area is 116 Å². The highest BCUT2D eigenvalue weighted by Gasteiger charge is 1.90. The first kappa shape index (κ1) is 17.5. The monoisotopic (exact) mass is 249 g/mol. The standard InChI is InChI=1S/C18H33/c1-3-5-7-9-11-13-15-17-18-16-14-12-10-8-6-4-2/h3,5,13,15H,1,4,6-12,14,16-18H2,2H3. The van der Waals surface area contributed by atoms with Gasteiger partial charge in [-0.3, -0.25) is 0 Å². The fraction of sp³-hybridized carbons (Fsp3) is 0.722. The molecule has 0 fully saturated rings. The van der Waals surface area contributed by atoms with Crippen molar-refractivity contribution >= 4 is 0 Å². The van der Waals surface area contributed by atoms with E-state index in [0.717, 1.165) is 0 Å². The zero-order valence-corrected chi connectivity index (χ0v) is 12.5. The predicted octanol–water partition coefficient (Wildman–Crippen LogP) is 6.63. The zero-order chi connectivity index (χ0) is 13.3. The third-order valence-electron chi connectivity index (χ3n) is 3.30. The van der Waals surface area contributed by atoms with Crippen LogP contribution in [0.5, 0.6) is 0 Å². The summed E-state index contributed by atoms with van der Waals surface area (Å²) in [6.45, 7) is 5.97. The molecule has 0 aromatic rings. The van der Waals surface area contributed by atoms with Crippen LogP contribution in [0.1, 0.15) is 84.0 Å². The van der Waals surface area contributed by atoms with Crippen molar-refractivity contribution in [1.29, 1.82) is 0 Å². The lowest BCUT2D eigenvalue weighted by molar-refractivity contribution is 0.577. The maximum absolute atomic E-state index is 3.69. The second kappa shape index (κ2) is 16.5. The molecule has 0 aliphatic heterocycles. The highest BCUT2D eigenvalue weighted by atomic mass is 14.0. The molecule has 105 valence electrons. The van der Waals surface area contributed by atoms with Crippen molar-refractivity contribution in [1.82, 2.24) is 0 Å². The van der Waals surface area contributed by atoms with E-state index in [9.17, 15) is 0 Å². The third kappa shape index (κ3) is 15.5. The molecule has 0 rings (SSSR count). The molecule has 18 heavy (non-hydrogen) atoms. The maximum atomic E-state index is 3.69. The van der Waals surface area contributed by atoms with Crippen LogP contribution in [0.25, 0.3) is 0 Å². The van der Waals surface area contributed by atoms with Crippen LogP contribution in [0.3, 0.4) is 0 Å². The van der Waals surface area contributed by atoms with Crippen LogP contribution in [0, 0.1) is 6.92 Å². The molecule has 0 heteroatoms. The van der Waals surface area contributed by atoms with E-state index < -0.39 is 0 Å². The molecule has 0 atom stereocenters. The largest absolute Gasteiger partial charge is 0.0885 e. The Morgan fingerprint density at radius 3 is 1.72 bits per heavy atom. The van der Waals surface area contributed by atoms with Gasteiger partial charge in [0.2, 0.25) is 0 Å². The fourth-order valence-electron chi connectivity index (χ4n) is 2.10. The lowest BCUT2D eigenvalue weighted by Gasteiger charge is -1.99. The second-order valence-electron chi connectivity index (χ2n) is 5.14. The molecule has 0 saturated heterocycles. The first-order valence-electron chi connectivity index (χ1n) is 8.01. The summed E-state index contributed by atoms with van der Waals surface area (Å²) >= 11 is 0. The number of hydrogen-bond acceptors (Lipinski definition) is 0. The summed E-state index contributed by atoms with van der Waals surface area (Å²) in [5.74, 6) is 0. The molecule has 0 aliphatic carbocycles. The van der Waals surface area contributed by atoms with Gasteiger partial charge in [0.15, 0.2) is 0 Å². The van der Waals surface area contributed by atoms with Crippen molar-refractivity contribution in [3.05, 3.63) is 31.2 Å². The lowest BCUT2D eigenvalue weighted by atomic mass is 10.1. The Morgan fingerprint density at radius 2 is 1.11 bits per heavy atom. The minimum atomic E-state index is 1.17. The van der Waals surface area contributed by atoms with E-state index in [0.29, 0.717) is 0 Å². The summed E-state index contributed by atoms with van der Waals surface area (Å²) < 4.78 is 0. The van der Waals surface area contributed by atoms with Crippen molar-refractivity contribution in [2.75, 3.05) is 0 Å². The first-order valence-corrected chi connectivity index (χ1v) is 8.01. The Balaban J connectivity index is 3.03. The molecule has 1 radical (unpaired) electrons. The molecule has 0 bridgehead atoms. The van der Waals surface area contributed by atoms with E-state index in [1.165, 1.54) is 77.0 Å². The van der Waals surface area contributed by atoms with Gasteiger partial charge in [0.25, 0.3) is 0 Å². The van der Waals surface area contributed by atoms with Crippen LogP contribution < -0.4 is 0 Å². The number of hydrogen-bond donors (Lipinski definition) is 0. The maximum Gasteiger partial charge on any atom is -0.0316 e. The smallest absolute Gasteiger partial charge is 0.0316 e. The van der Waals surface area contributed by atoms with Gasteiger partial charge < -0.3 is 0 Å². The van der Waals surface area contributed by atoms with Crippen molar-refractivity contribution < 1.29 is 0 Å². The molecule has 0 aromatic carbocycles. The summed E-state index contributed by atoms with van der Waals surface area (Å²) in [5, 5.41) is 0. The predicted molar refractivity (Wildman–Crippen MR) is 84.7 cm³/mol. The molecule has 0 spiro atoms. The number of unbranched alkanes of at least 4 members (excludes halogenated alkanes) is 10. The normalized spacial score (nSPS) is 11.9. The summed E-state index contributed by atoms with van der Waals surface area (Å²) in [7, 11) is 0. The summed E-state index contributed by atoms with van der Waals surface area (Å²) in [6.07, 6.45) is 25.0. The van der Waals surface area contributed by atoms with Crippen LogP contribution in [0.2, 0.25) is 0 Å². The summed E-state index contributed by atoms with van der Waals surface area (Å²) in [4.78, 5) is 0. The molecular formula is C18H33. The Hall–Kier alpha value is -0.520. The van der Waals surface area contributed by atoms with Gasteiger partial charge in [-0.1, -0.05) is 76.2 Å². The van der Waals surface area contributed by atoms with Gasteiger partial charge in [-0.05, 0) is 39.0 Å². The number of rotatable bonds is 13. The van der Waals surface area contributed by atoms with E-state index in [-0.39, 0.29) is 0 Å². The van der Waals surface area contributed by atoms with Crippen molar-refractivity contribution in [2.45, 2.75) is 84.0 Å². The van der Waals surface area contributed by atoms with Gasteiger partial charge in [-0.25, -0.2) is 0 Å². The topological polar surface area (TPSA) is 0 Å². The SMILES string of the molecule is [CH2]C=CCCCC=CCCCCCCCCCC. The quantitative estimate of drug-likeness (QED) is 0.254. The molecule has 0 saturated carbocycles. The highest BCUT2D eigenvalue weighted by molar-refractivity contribution is 4.86. The first-order chi connectivity index (χ1) is 8.91. The van der Waals surface area contributed by atoms with Gasteiger partial charge in [0.05, 0.1) is 0 Å². The minimum absolute atomic E-state index is 1.17. The van der Waals surface area contributed by atoms with Gasteiger partial charge in [-0.2, -0.15) is 0 Å². The van der Waals surface area contributed by atoms with Crippen molar-refractivity contribution in [3.8, 4) is 0 Å². The summed E-state index contributed by atoms with van der Waals surface area (Å²) in [5.41, 5.74) is 0. The van der Waals surface area contributed by atoms with Crippen LogP contribution in [0.15, 0.2) is 24.3 Å². The van der Waals surface area contributed by atoms with Crippen LogP contribution in [-0.2, 0) is 0 Å². The van der Waals surface area contributed by atoms with E-state index in [1.54, 1.807) is 0 Å². The molecule has 0 heterocycles. The molecule has 0 aromatic heterocycles. The van der Waals surface area contributed by atoms with Crippen molar-refractivity contribution in [2.24, 2.45) is 0 Å². The van der Waals surface area contributed by atoms with Gasteiger partial charge in [0.1, 0.15) is 0 Å². The molecule has 0 N–H and O–H groups in total. The Kier molecular flexibility index (Phi) is 16.0. The average molecular weight is 249 g/mol. The average Bonchev–Trinajstić information content (AvgIpc) is 2.39. The molecule has 0 nitrogen and oxygen atoms in total. The van der Waals surface area contributed by atoms with E-state index in [4.69, 9.17) is 0 Å². The Bertz CT molecular complexity index is 188. The highest BCUT2D eigenvalue weighted by Crippen LogP contribution is 2.10. The molecule has 0 unspecified atom stereocenters. The van der Waals surface area contributed by atoms with Crippen molar-refractivity contribution in [3.63, 3.8) is 0 Å². The second-order valence-corrected chi connectivity index (χ2v) is 5.14.